The largest absolute Gasteiger partial charge is 0.309 e. The average Bonchev–Trinajstić information content (AvgIpc) is 2.49. The topological polar surface area (TPSA) is 20.3 Å². The summed E-state index contributed by atoms with van der Waals surface area (Å²) in [4.78, 5) is 12.9. The molecule has 0 radical (unpaired) electrons. The number of hydrogen-bond donors (Lipinski definition) is 0. The van der Waals surface area contributed by atoms with E-state index in [1.54, 1.807) is 18.2 Å². The van der Waals surface area contributed by atoms with Crippen LogP contribution >= 0.6 is 15.9 Å². The third-order valence-corrected chi connectivity index (χ3v) is 3.13. The molecule has 14 heavy (non-hydrogen) atoms. The summed E-state index contributed by atoms with van der Waals surface area (Å²) in [6, 6.07) is 6.33. The molecule has 0 bridgehead atoms. The van der Waals surface area contributed by atoms with Crippen molar-refractivity contribution >= 4 is 27.5 Å². The van der Waals surface area contributed by atoms with Crippen molar-refractivity contribution in [2.75, 3.05) is 11.4 Å². The number of rotatable bonds is 1. The van der Waals surface area contributed by atoms with E-state index in [9.17, 15) is 9.18 Å². The van der Waals surface area contributed by atoms with Gasteiger partial charge in [-0.25, -0.2) is 4.39 Å². The number of carbonyl (C=O) groups is 1. The van der Waals surface area contributed by atoms with Crippen molar-refractivity contribution in [2.45, 2.75) is 11.2 Å². The fourth-order valence-corrected chi connectivity index (χ4v) is 2.01. The summed E-state index contributed by atoms with van der Waals surface area (Å²) in [5, 5.41) is 0. The second kappa shape index (κ2) is 3.69. The Balaban J connectivity index is 2.33. The molecule has 0 aliphatic carbocycles. The summed E-state index contributed by atoms with van der Waals surface area (Å²) < 4.78 is 13.3. The van der Waals surface area contributed by atoms with Gasteiger partial charge < -0.3 is 4.90 Å². The first kappa shape index (κ1) is 9.65. The molecular formula is C10H9BrFNO. The number of benzene rings is 1. The molecule has 1 atom stereocenters. The lowest BCUT2D eigenvalue weighted by atomic mass is 10.3. The van der Waals surface area contributed by atoms with Crippen LogP contribution in [0.3, 0.4) is 0 Å². The molecule has 1 amide bonds. The van der Waals surface area contributed by atoms with E-state index >= 15 is 0 Å². The molecule has 1 fully saturated rings. The van der Waals surface area contributed by atoms with Crippen molar-refractivity contribution < 1.29 is 9.18 Å². The van der Waals surface area contributed by atoms with E-state index in [1.807, 2.05) is 0 Å². The Bertz CT molecular complexity index is 369. The van der Waals surface area contributed by atoms with Crippen molar-refractivity contribution in [3.63, 3.8) is 0 Å². The highest BCUT2D eigenvalue weighted by molar-refractivity contribution is 9.10. The SMILES string of the molecule is O=C1C(Br)CCN1c1ccccc1F. The zero-order valence-corrected chi connectivity index (χ0v) is 9.00. The van der Waals surface area contributed by atoms with E-state index in [2.05, 4.69) is 15.9 Å². The number of anilines is 1. The summed E-state index contributed by atoms with van der Waals surface area (Å²) in [5.41, 5.74) is 0.374. The Labute approximate surface area is 89.8 Å². The normalized spacial score (nSPS) is 21.7. The first-order valence-electron chi connectivity index (χ1n) is 4.40. The van der Waals surface area contributed by atoms with Crippen LogP contribution in [0.2, 0.25) is 0 Å². The molecule has 4 heteroatoms. The number of amides is 1. The molecule has 0 saturated carbocycles. The van der Waals surface area contributed by atoms with E-state index in [0.29, 0.717) is 12.2 Å². The molecule has 1 aliphatic heterocycles. The number of nitrogens with zero attached hydrogens (tertiary/aromatic N) is 1. The van der Waals surface area contributed by atoms with Gasteiger partial charge in [0.2, 0.25) is 5.91 Å². The highest BCUT2D eigenvalue weighted by atomic mass is 79.9. The first-order valence-corrected chi connectivity index (χ1v) is 5.31. The smallest absolute Gasteiger partial charge is 0.240 e. The van der Waals surface area contributed by atoms with Crippen LogP contribution in [0.25, 0.3) is 0 Å². The quantitative estimate of drug-likeness (QED) is 0.708. The molecule has 1 unspecified atom stereocenters. The van der Waals surface area contributed by atoms with E-state index in [0.717, 1.165) is 6.42 Å². The predicted octanol–water partition coefficient (Wildman–Crippen LogP) is 2.33. The lowest BCUT2D eigenvalue weighted by Gasteiger charge is -2.16. The number of alkyl halides is 1. The zero-order valence-electron chi connectivity index (χ0n) is 7.41. The second-order valence-corrected chi connectivity index (χ2v) is 4.30. The van der Waals surface area contributed by atoms with E-state index in [-0.39, 0.29) is 16.6 Å². The molecule has 2 nitrogen and oxygen atoms in total. The molecular weight excluding hydrogens is 249 g/mol. The maximum absolute atomic E-state index is 13.3. The standard InChI is InChI=1S/C10H9BrFNO/c11-7-5-6-13(10(7)14)9-4-2-1-3-8(9)12/h1-4,7H,5-6H2. The third kappa shape index (κ3) is 1.54. The van der Waals surface area contributed by atoms with Crippen LogP contribution in [0.1, 0.15) is 6.42 Å². The van der Waals surface area contributed by atoms with Crippen molar-refractivity contribution in [1.82, 2.24) is 0 Å². The van der Waals surface area contributed by atoms with Crippen LogP contribution in [-0.4, -0.2) is 17.3 Å². The molecule has 0 spiro atoms. The third-order valence-electron chi connectivity index (χ3n) is 2.28. The maximum Gasteiger partial charge on any atom is 0.240 e. The molecule has 0 aromatic heterocycles. The highest BCUT2D eigenvalue weighted by Gasteiger charge is 2.31. The molecule has 2 rings (SSSR count). The molecule has 1 aromatic carbocycles. The van der Waals surface area contributed by atoms with Crippen molar-refractivity contribution in [3.05, 3.63) is 30.1 Å². The van der Waals surface area contributed by atoms with Gasteiger partial charge in [-0.05, 0) is 18.6 Å². The van der Waals surface area contributed by atoms with Crippen molar-refractivity contribution in [2.24, 2.45) is 0 Å². The lowest BCUT2D eigenvalue weighted by molar-refractivity contribution is -0.116. The van der Waals surface area contributed by atoms with Crippen LogP contribution < -0.4 is 4.90 Å². The number of halogens is 2. The summed E-state index contributed by atoms with van der Waals surface area (Å²) in [6.45, 7) is 0.579. The second-order valence-electron chi connectivity index (χ2n) is 3.20. The molecule has 1 saturated heterocycles. The summed E-state index contributed by atoms with van der Waals surface area (Å²) >= 11 is 3.25. The molecule has 1 aromatic rings. The van der Waals surface area contributed by atoms with Gasteiger partial charge in [0.05, 0.1) is 10.5 Å². The van der Waals surface area contributed by atoms with Crippen LogP contribution in [0.15, 0.2) is 24.3 Å². The zero-order chi connectivity index (χ0) is 10.1. The Hall–Kier alpha value is -0.900. The molecule has 1 aliphatic rings. The predicted molar refractivity (Wildman–Crippen MR) is 56.1 cm³/mol. The minimum Gasteiger partial charge on any atom is -0.309 e. The minimum atomic E-state index is -0.345. The van der Waals surface area contributed by atoms with Gasteiger partial charge in [-0.2, -0.15) is 0 Å². The number of carbonyl (C=O) groups excluding carboxylic acids is 1. The summed E-state index contributed by atoms with van der Waals surface area (Å²) in [5.74, 6) is -0.405. The fraction of sp³-hybridized carbons (Fsp3) is 0.300. The molecule has 0 N–H and O–H groups in total. The Morgan fingerprint density at radius 3 is 2.71 bits per heavy atom. The lowest BCUT2D eigenvalue weighted by Crippen LogP contribution is -2.27. The number of hydrogen-bond acceptors (Lipinski definition) is 1. The summed E-state index contributed by atoms with van der Waals surface area (Å²) in [6.07, 6.45) is 0.729. The van der Waals surface area contributed by atoms with Crippen LogP contribution in [0.5, 0.6) is 0 Å². The van der Waals surface area contributed by atoms with E-state index < -0.39 is 0 Å². The van der Waals surface area contributed by atoms with Gasteiger partial charge >= 0.3 is 0 Å². The minimum absolute atomic E-state index is 0.0601. The Morgan fingerprint density at radius 1 is 1.43 bits per heavy atom. The van der Waals surface area contributed by atoms with E-state index in [4.69, 9.17) is 0 Å². The number of para-hydroxylation sites is 1. The Morgan fingerprint density at radius 2 is 2.14 bits per heavy atom. The first-order chi connectivity index (χ1) is 6.70. The van der Waals surface area contributed by atoms with Gasteiger partial charge in [-0.1, -0.05) is 28.1 Å². The maximum atomic E-state index is 13.3. The molecule has 74 valence electrons. The van der Waals surface area contributed by atoms with Gasteiger partial charge in [-0.15, -0.1) is 0 Å². The van der Waals surface area contributed by atoms with Gasteiger partial charge in [0.15, 0.2) is 0 Å². The average molecular weight is 258 g/mol. The van der Waals surface area contributed by atoms with Crippen LogP contribution in [0.4, 0.5) is 10.1 Å². The molecule has 1 heterocycles. The van der Waals surface area contributed by atoms with Gasteiger partial charge in [0.25, 0.3) is 0 Å². The summed E-state index contributed by atoms with van der Waals surface area (Å²) in [7, 11) is 0. The van der Waals surface area contributed by atoms with Crippen molar-refractivity contribution in [1.29, 1.82) is 0 Å². The van der Waals surface area contributed by atoms with E-state index in [1.165, 1.54) is 11.0 Å². The van der Waals surface area contributed by atoms with Gasteiger partial charge in [-0.3, -0.25) is 4.79 Å². The van der Waals surface area contributed by atoms with Gasteiger partial charge in [0, 0.05) is 6.54 Å². The van der Waals surface area contributed by atoms with Crippen molar-refractivity contribution in [3.8, 4) is 0 Å². The van der Waals surface area contributed by atoms with Crippen LogP contribution in [-0.2, 0) is 4.79 Å². The van der Waals surface area contributed by atoms with Gasteiger partial charge in [0.1, 0.15) is 5.82 Å². The Kier molecular flexibility index (Phi) is 2.54. The monoisotopic (exact) mass is 257 g/mol. The van der Waals surface area contributed by atoms with Crippen LogP contribution in [0, 0.1) is 5.82 Å². The highest BCUT2D eigenvalue weighted by Crippen LogP contribution is 2.27. The fourth-order valence-electron chi connectivity index (χ4n) is 1.56.